The SMILES string of the molecule is CCNC(COc1cc(Cl)ccc1C)C(C)C. The smallest absolute Gasteiger partial charge is 0.123 e. The number of hydrogen-bond acceptors (Lipinski definition) is 2. The summed E-state index contributed by atoms with van der Waals surface area (Å²) in [6, 6.07) is 6.11. The zero-order chi connectivity index (χ0) is 12.8. The van der Waals surface area contributed by atoms with Gasteiger partial charge in [-0.15, -0.1) is 0 Å². The average Bonchev–Trinajstić information content (AvgIpc) is 2.28. The van der Waals surface area contributed by atoms with Gasteiger partial charge in [0.1, 0.15) is 12.4 Å². The maximum atomic E-state index is 5.96. The lowest BCUT2D eigenvalue weighted by Crippen LogP contribution is -2.38. The van der Waals surface area contributed by atoms with Gasteiger partial charge in [-0.3, -0.25) is 0 Å². The molecule has 2 nitrogen and oxygen atoms in total. The minimum absolute atomic E-state index is 0.374. The lowest BCUT2D eigenvalue weighted by Gasteiger charge is -2.22. The summed E-state index contributed by atoms with van der Waals surface area (Å²) >= 11 is 5.96. The number of likely N-dealkylation sites (N-methyl/N-ethyl adjacent to an activating group) is 1. The monoisotopic (exact) mass is 255 g/mol. The van der Waals surface area contributed by atoms with Gasteiger partial charge in [-0.1, -0.05) is 38.4 Å². The predicted molar refractivity (Wildman–Crippen MR) is 74.0 cm³/mol. The standard InChI is InChI=1S/C14H22ClNO/c1-5-16-13(10(2)3)9-17-14-8-12(15)7-6-11(14)4/h6-8,10,13,16H,5,9H2,1-4H3. The van der Waals surface area contributed by atoms with E-state index in [1.54, 1.807) is 0 Å². The molecule has 0 bridgehead atoms. The zero-order valence-electron chi connectivity index (χ0n) is 11.1. The van der Waals surface area contributed by atoms with Crippen LogP contribution in [0, 0.1) is 12.8 Å². The van der Waals surface area contributed by atoms with Crippen molar-refractivity contribution in [3.63, 3.8) is 0 Å². The summed E-state index contributed by atoms with van der Waals surface area (Å²) in [5.41, 5.74) is 1.12. The molecule has 1 unspecified atom stereocenters. The van der Waals surface area contributed by atoms with Gasteiger partial charge in [0.05, 0.1) is 0 Å². The van der Waals surface area contributed by atoms with Crippen molar-refractivity contribution < 1.29 is 4.74 Å². The second-order valence-corrected chi connectivity index (χ2v) is 5.07. The third-order valence-corrected chi connectivity index (χ3v) is 3.07. The molecule has 0 spiro atoms. The number of aryl methyl sites for hydroxylation is 1. The van der Waals surface area contributed by atoms with Gasteiger partial charge in [0, 0.05) is 11.1 Å². The molecule has 3 heteroatoms. The Kier molecular flexibility index (Phi) is 5.79. The van der Waals surface area contributed by atoms with Gasteiger partial charge in [0.2, 0.25) is 0 Å². The molecule has 1 aromatic rings. The van der Waals surface area contributed by atoms with Gasteiger partial charge in [0.15, 0.2) is 0 Å². The Hall–Kier alpha value is -0.730. The van der Waals surface area contributed by atoms with Gasteiger partial charge in [-0.2, -0.15) is 0 Å². The maximum absolute atomic E-state index is 5.96. The van der Waals surface area contributed by atoms with Gasteiger partial charge in [-0.25, -0.2) is 0 Å². The van der Waals surface area contributed by atoms with E-state index >= 15 is 0 Å². The zero-order valence-corrected chi connectivity index (χ0v) is 11.8. The fraction of sp³-hybridized carbons (Fsp3) is 0.571. The van der Waals surface area contributed by atoms with E-state index in [9.17, 15) is 0 Å². The Morgan fingerprint density at radius 2 is 2.06 bits per heavy atom. The largest absolute Gasteiger partial charge is 0.492 e. The highest BCUT2D eigenvalue weighted by molar-refractivity contribution is 6.30. The first-order valence-electron chi connectivity index (χ1n) is 6.17. The minimum Gasteiger partial charge on any atom is -0.492 e. The van der Waals surface area contributed by atoms with Gasteiger partial charge in [0.25, 0.3) is 0 Å². The summed E-state index contributed by atoms with van der Waals surface area (Å²) < 4.78 is 5.85. The van der Waals surface area contributed by atoms with Crippen molar-refractivity contribution in [2.24, 2.45) is 5.92 Å². The Morgan fingerprint density at radius 1 is 1.35 bits per heavy atom. The molecule has 0 radical (unpaired) electrons. The summed E-state index contributed by atoms with van der Waals surface area (Å²) in [5, 5.41) is 4.15. The minimum atomic E-state index is 0.374. The molecule has 1 rings (SSSR count). The van der Waals surface area contributed by atoms with E-state index in [4.69, 9.17) is 16.3 Å². The summed E-state index contributed by atoms with van der Waals surface area (Å²) in [7, 11) is 0. The van der Waals surface area contributed by atoms with Crippen LogP contribution in [0.15, 0.2) is 18.2 Å². The molecule has 0 aromatic heterocycles. The second kappa shape index (κ2) is 6.87. The van der Waals surface area contributed by atoms with Crippen LogP contribution >= 0.6 is 11.6 Å². The van der Waals surface area contributed by atoms with Crippen molar-refractivity contribution in [2.75, 3.05) is 13.2 Å². The van der Waals surface area contributed by atoms with Crippen LogP contribution in [0.25, 0.3) is 0 Å². The molecule has 1 aromatic carbocycles. The third-order valence-electron chi connectivity index (χ3n) is 2.84. The van der Waals surface area contributed by atoms with Crippen LogP contribution in [0.1, 0.15) is 26.3 Å². The van der Waals surface area contributed by atoms with E-state index in [0.717, 1.165) is 22.9 Å². The molecular formula is C14H22ClNO. The molecule has 96 valence electrons. The highest BCUT2D eigenvalue weighted by atomic mass is 35.5. The Balaban J connectivity index is 2.61. The van der Waals surface area contributed by atoms with Crippen molar-refractivity contribution in [1.29, 1.82) is 0 Å². The lowest BCUT2D eigenvalue weighted by molar-refractivity contribution is 0.231. The van der Waals surface area contributed by atoms with E-state index in [1.807, 2.05) is 25.1 Å². The highest BCUT2D eigenvalue weighted by Crippen LogP contribution is 2.22. The fourth-order valence-electron chi connectivity index (χ4n) is 1.66. The molecule has 0 saturated heterocycles. The molecule has 0 heterocycles. The van der Waals surface area contributed by atoms with Crippen molar-refractivity contribution in [2.45, 2.75) is 33.7 Å². The van der Waals surface area contributed by atoms with E-state index in [2.05, 4.69) is 26.1 Å². The molecule has 1 atom stereocenters. The van der Waals surface area contributed by atoms with Crippen LogP contribution in [0.2, 0.25) is 5.02 Å². The van der Waals surface area contributed by atoms with Crippen LogP contribution in [-0.2, 0) is 0 Å². The topological polar surface area (TPSA) is 21.3 Å². The van der Waals surface area contributed by atoms with Crippen LogP contribution in [0.4, 0.5) is 0 Å². The summed E-state index contributed by atoms with van der Waals surface area (Å²) in [4.78, 5) is 0. The first-order chi connectivity index (χ1) is 8.04. The van der Waals surface area contributed by atoms with Gasteiger partial charge >= 0.3 is 0 Å². The third kappa shape index (κ3) is 4.57. The highest BCUT2D eigenvalue weighted by Gasteiger charge is 2.13. The Bertz CT molecular complexity index is 352. The van der Waals surface area contributed by atoms with Crippen LogP contribution < -0.4 is 10.1 Å². The molecule has 0 fully saturated rings. The molecular weight excluding hydrogens is 234 g/mol. The number of nitrogens with one attached hydrogen (secondary N) is 1. The Morgan fingerprint density at radius 3 is 2.65 bits per heavy atom. The van der Waals surface area contributed by atoms with Crippen LogP contribution in [0.5, 0.6) is 5.75 Å². The summed E-state index contributed by atoms with van der Waals surface area (Å²) in [6.07, 6.45) is 0. The number of hydrogen-bond donors (Lipinski definition) is 1. The molecule has 0 aliphatic rings. The number of benzene rings is 1. The van der Waals surface area contributed by atoms with Crippen LogP contribution in [-0.4, -0.2) is 19.2 Å². The number of ether oxygens (including phenoxy) is 1. The summed E-state index contributed by atoms with van der Waals surface area (Å²) in [5.74, 6) is 1.43. The number of halogens is 1. The number of rotatable bonds is 6. The van der Waals surface area contributed by atoms with Crippen LogP contribution in [0.3, 0.4) is 0 Å². The molecule has 0 amide bonds. The van der Waals surface area contributed by atoms with Crippen molar-refractivity contribution in [3.05, 3.63) is 28.8 Å². The van der Waals surface area contributed by atoms with Gasteiger partial charge in [-0.05, 0) is 37.1 Å². The second-order valence-electron chi connectivity index (χ2n) is 4.63. The van der Waals surface area contributed by atoms with E-state index in [0.29, 0.717) is 18.6 Å². The molecule has 0 saturated carbocycles. The van der Waals surface area contributed by atoms with E-state index in [-0.39, 0.29) is 0 Å². The molecule has 17 heavy (non-hydrogen) atoms. The molecule has 0 aliphatic carbocycles. The first-order valence-corrected chi connectivity index (χ1v) is 6.54. The maximum Gasteiger partial charge on any atom is 0.123 e. The Labute approximate surface area is 109 Å². The van der Waals surface area contributed by atoms with Crippen molar-refractivity contribution in [3.8, 4) is 5.75 Å². The lowest BCUT2D eigenvalue weighted by atomic mass is 10.1. The van der Waals surface area contributed by atoms with E-state index < -0.39 is 0 Å². The van der Waals surface area contributed by atoms with Crippen molar-refractivity contribution in [1.82, 2.24) is 5.32 Å². The normalized spacial score (nSPS) is 12.8. The molecule has 0 aliphatic heterocycles. The van der Waals surface area contributed by atoms with E-state index in [1.165, 1.54) is 0 Å². The fourth-order valence-corrected chi connectivity index (χ4v) is 1.82. The summed E-state index contributed by atoms with van der Waals surface area (Å²) in [6.45, 7) is 10.2. The molecule has 1 N–H and O–H groups in total. The first kappa shape index (κ1) is 14.3. The predicted octanol–water partition coefficient (Wildman–Crippen LogP) is 3.66. The van der Waals surface area contributed by atoms with Gasteiger partial charge < -0.3 is 10.1 Å². The van der Waals surface area contributed by atoms with Crippen molar-refractivity contribution >= 4 is 11.6 Å². The average molecular weight is 256 g/mol. The quantitative estimate of drug-likeness (QED) is 0.838.